The summed E-state index contributed by atoms with van der Waals surface area (Å²) in [7, 11) is 0. The van der Waals surface area contributed by atoms with Crippen LogP contribution >= 0.6 is 0 Å². The van der Waals surface area contributed by atoms with Gasteiger partial charge in [0.05, 0.1) is 0 Å². The summed E-state index contributed by atoms with van der Waals surface area (Å²) >= 11 is 0. The molecule has 0 aromatic heterocycles. The van der Waals surface area contributed by atoms with Crippen molar-refractivity contribution in [2.24, 2.45) is 5.92 Å². The van der Waals surface area contributed by atoms with E-state index < -0.39 is 5.82 Å². The number of aryl methyl sites for hydroxylation is 1. The van der Waals surface area contributed by atoms with Crippen LogP contribution in [-0.4, -0.2) is 5.11 Å². The lowest BCUT2D eigenvalue weighted by atomic mass is 9.56. The summed E-state index contributed by atoms with van der Waals surface area (Å²) in [5, 5.41) is 9.70. The average Bonchev–Trinajstić information content (AvgIpc) is 2.40. The Balaban J connectivity index is 2.15. The van der Waals surface area contributed by atoms with Gasteiger partial charge in [-0.05, 0) is 66.7 Å². The molecule has 98 valence electrons. The molecule has 0 unspecified atom stereocenters. The number of hydrogen-bond donors (Lipinski definition) is 1. The number of fused-ring (bicyclic) bond motifs is 3. The van der Waals surface area contributed by atoms with Crippen LogP contribution in [0.25, 0.3) is 0 Å². The van der Waals surface area contributed by atoms with E-state index in [4.69, 9.17) is 0 Å². The van der Waals surface area contributed by atoms with Crippen LogP contribution < -0.4 is 0 Å². The summed E-state index contributed by atoms with van der Waals surface area (Å²) in [4.78, 5) is 0. The van der Waals surface area contributed by atoms with Crippen LogP contribution in [0.1, 0.15) is 56.6 Å². The first-order valence-corrected chi connectivity index (χ1v) is 7.19. The van der Waals surface area contributed by atoms with E-state index in [1.807, 2.05) is 0 Å². The zero-order chi connectivity index (χ0) is 12.8. The Kier molecular flexibility index (Phi) is 2.84. The summed E-state index contributed by atoms with van der Waals surface area (Å²) < 4.78 is 13.5. The molecule has 3 rings (SSSR count). The summed E-state index contributed by atoms with van der Waals surface area (Å²) in [6.07, 6.45) is 8.36. The Hall–Kier alpha value is -1.05. The van der Waals surface area contributed by atoms with E-state index >= 15 is 0 Å². The van der Waals surface area contributed by atoms with Crippen LogP contribution in [0, 0.1) is 11.7 Å². The zero-order valence-electron chi connectivity index (χ0n) is 11.0. The first-order chi connectivity index (χ1) is 8.67. The second-order valence-electron chi connectivity index (χ2n) is 5.95. The molecule has 1 aromatic carbocycles. The molecule has 0 amide bonds. The van der Waals surface area contributed by atoms with Gasteiger partial charge in [-0.3, -0.25) is 0 Å². The third-order valence-corrected chi connectivity index (χ3v) is 5.31. The van der Waals surface area contributed by atoms with Gasteiger partial charge in [0, 0.05) is 0 Å². The number of halogens is 1. The largest absolute Gasteiger partial charge is 0.505 e. The highest BCUT2D eigenvalue weighted by Crippen LogP contribution is 2.52. The molecular weight excluding hydrogens is 227 g/mol. The fourth-order valence-electron chi connectivity index (χ4n) is 4.35. The Bertz CT molecular complexity index is 468. The Morgan fingerprint density at radius 3 is 2.94 bits per heavy atom. The summed E-state index contributed by atoms with van der Waals surface area (Å²) in [6, 6.07) is 3.28. The summed E-state index contributed by atoms with van der Waals surface area (Å²) in [6.45, 7) is 2.24. The maximum Gasteiger partial charge on any atom is 0.165 e. The second-order valence-corrected chi connectivity index (χ2v) is 5.95. The quantitative estimate of drug-likeness (QED) is 0.785. The average molecular weight is 248 g/mol. The number of hydrogen-bond acceptors (Lipinski definition) is 1. The first kappa shape index (κ1) is 12.0. The zero-order valence-corrected chi connectivity index (χ0v) is 11.0. The van der Waals surface area contributed by atoms with Gasteiger partial charge in [-0.2, -0.15) is 0 Å². The number of aromatic hydroxyl groups is 1. The van der Waals surface area contributed by atoms with Gasteiger partial charge >= 0.3 is 0 Å². The minimum absolute atomic E-state index is 0.173. The predicted molar refractivity (Wildman–Crippen MR) is 70.3 cm³/mol. The van der Waals surface area contributed by atoms with E-state index in [-0.39, 0.29) is 11.2 Å². The molecular formula is C16H21FO. The van der Waals surface area contributed by atoms with Crippen molar-refractivity contribution in [2.75, 3.05) is 0 Å². The van der Waals surface area contributed by atoms with Crippen molar-refractivity contribution < 1.29 is 9.50 Å². The highest BCUT2D eigenvalue weighted by atomic mass is 19.1. The maximum atomic E-state index is 13.5. The molecule has 0 saturated heterocycles. The topological polar surface area (TPSA) is 20.2 Å². The van der Waals surface area contributed by atoms with Crippen molar-refractivity contribution in [1.29, 1.82) is 0 Å². The van der Waals surface area contributed by atoms with Crippen LogP contribution in [0.5, 0.6) is 5.75 Å². The molecule has 0 radical (unpaired) electrons. The monoisotopic (exact) mass is 248 g/mol. The van der Waals surface area contributed by atoms with Gasteiger partial charge in [0.25, 0.3) is 0 Å². The smallest absolute Gasteiger partial charge is 0.165 e. The molecule has 0 aliphatic heterocycles. The summed E-state index contributed by atoms with van der Waals surface area (Å²) in [5.74, 6) is 0.0932. The number of phenols is 1. The molecule has 0 bridgehead atoms. The van der Waals surface area contributed by atoms with Crippen molar-refractivity contribution in [1.82, 2.24) is 0 Å². The van der Waals surface area contributed by atoms with Crippen LogP contribution in [0.15, 0.2) is 12.1 Å². The lowest BCUT2D eigenvalue weighted by molar-refractivity contribution is 0.152. The Labute approximate surface area is 108 Å². The predicted octanol–water partition coefficient (Wildman–Crippen LogP) is 4.32. The molecule has 0 heterocycles. The van der Waals surface area contributed by atoms with Crippen molar-refractivity contribution in [3.05, 3.63) is 29.1 Å². The molecule has 1 fully saturated rings. The van der Waals surface area contributed by atoms with Crippen LogP contribution in [0.4, 0.5) is 4.39 Å². The standard InChI is InChI=1S/C16H21FO/c1-2-16-8-4-3-5-12(16)7-6-11-9-14(17)15(18)10-13(11)16/h9-10,12,18H,2-8H2,1H3/t12-,16-/m1/s1. The van der Waals surface area contributed by atoms with Gasteiger partial charge < -0.3 is 5.11 Å². The van der Waals surface area contributed by atoms with E-state index in [1.165, 1.54) is 37.7 Å². The normalized spacial score (nSPS) is 30.7. The summed E-state index contributed by atoms with van der Waals surface area (Å²) in [5.41, 5.74) is 2.57. The third-order valence-electron chi connectivity index (χ3n) is 5.31. The SMILES string of the molecule is CC[C@@]12CCCC[C@@H]1CCc1cc(F)c(O)cc12. The van der Waals surface area contributed by atoms with E-state index in [0.717, 1.165) is 24.3 Å². The van der Waals surface area contributed by atoms with Gasteiger partial charge in [-0.15, -0.1) is 0 Å². The molecule has 1 aromatic rings. The van der Waals surface area contributed by atoms with Gasteiger partial charge in [-0.1, -0.05) is 19.8 Å². The van der Waals surface area contributed by atoms with Crippen LogP contribution in [-0.2, 0) is 11.8 Å². The Morgan fingerprint density at radius 2 is 2.17 bits per heavy atom. The second kappa shape index (κ2) is 4.25. The van der Waals surface area contributed by atoms with Gasteiger partial charge in [-0.25, -0.2) is 4.39 Å². The molecule has 2 heteroatoms. The molecule has 1 N–H and O–H groups in total. The number of benzene rings is 1. The van der Waals surface area contributed by atoms with E-state index in [0.29, 0.717) is 0 Å². The van der Waals surface area contributed by atoms with Crippen molar-refractivity contribution in [2.45, 2.75) is 57.3 Å². The maximum absolute atomic E-state index is 13.5. The highest BCUT2D eigenvalue weighted by molar-refractivity contribution is 5.44. The molecule has 1 nitrogen and oxygen atoms in total. The minimum Gasteiger partial charge on any atom is -0.505 e. The molecule has 18 heavy (non-hydrogen) atoms. The van der Waals surface area contributed by atoms with Crippen LogP contribution in [0.3, 0.4) is 0 Å². The van der Waals surface area contributed by atoms with E-state index in [1.54, 1.807) is 12.1 Å². The fourth-order valence-corrected chi connectivity index (χ4v) is 4.35. The van der Waals surface area contributed by atoms with E-state index in [2.05, 4.69) is 6.92 Å². The molecule has 2 aliphatic rings. The number of rotatable bonds is 1. The Morgan fingerprint density at radius 1 is 1.33 bits per heavy atom. The van der Waals surface area contributed by atoms with Gasteiger partial charge in [0.15, 0.2) is 11.6 Å². The lowest BCUT2D eigenvalue weighted by Crippen LogP contribution is -2.41. The molecule has 0 spiro atoms. The van der Waals surface area contributed by atoms with Crippen LogP contribution in [0.2, 0.25) is 0 Å². The molecule has 2 aliphatic carbocycles. The third kappa shape index (κ3) is 1.58. The molecule has 1 saturated carbocycles. The highest BCUT2D eigenvalue weighted by Gasteiger charge is 2.44. The van der Waals surface area contributed by atoms with Crippen molar-refractivity contribution in [3.63, 3.8) is 0 Å². The van der Waals surface area contributed by atoms with Gasteiger partial charge in [0.2, 0.25) is 0 Å². The van der Waals surface area contributed by atoms with E-state index in [9.17, 15) is 9.50 Å². The number of phenolic OH excluding ortho intramolecular Hbond substituents is 1. The first-order valence-electron chi connectivity index (χ1n) is 7.19. The molecule has 2 atom stereocenters. The van der Waals surface area contributed by atoms with Gasteiger partial charge in [0.1, 0.15) is 0 Å². The minimum atomic E-state index is -0.464. The van der Waals surface area contributed by atoms with Crippen molar-refractivity contribution >= 4 is 0 Å². The van der Waals surface area contributed by atoms with Crippen molar-refractivity contribution in [3.8, 4) is 5.75 Å². The fraction of sp³-hybridized carbons (Fsp3) is 0.625. The lowest BCUT2D eigenvalue weighted by Gasteiger charge is -2.48.